The van der Waals surface area contributed by atoms with Crippen LogP contribution in [0.2, 0.25) is 5.02 Å². The van der Waals surface area contributed by atoms with Crippen LogP contribution in [0.4, 0.5) is 0 Å². The molecule has 3 heteroatoms. The number of aldehydes is 1. The number of nitrogens with zero attached hydrogens (tertiary/aromatic N) is 1. The average Bonchev–Trinajstić information content (AvgIpc) is 2.17. The van der Waals surface area contributed by atoms with E-state index in [1.807, 2.05) is 26.2 Å². The Balaban J connectivity index is 3.15. The molecule has 0 aliphatic heterocycles. The Morgan fingerprint density at radius 2 is 2.07 bits per heavy atom. The molecule has 1 rings (SSSR count). The minimum atomic E-state index is 0.211. The molecule has 14 heavy (non-hydrogen) atoms. The minimum absolute atomic E-state index is 0.211. The van der Waals surface area contributed by atoms with Gasteiger partial charge in [-0.2, -0.15) is 0 Å². The predicted molar refractivity (Wildman–Crippen MR) is 58.9 cm³/mol. The molecule has 1 aromatic rings. The first-order valence-electron chi connectivity index (χ1n) is 4.48. The third kappa shape index (κ3) is 2.14. The van der Waals surface area contributed by atoms with E-state index >= 15 is 0 Å². The SMILES string of the molecule is CC(c1cccc(C=O)c1Cl)N(C)C. The first-order chi connectivity index (χ1) is 6.57. The number of benzene rings is 1. The Kier molecular flexibility index (Phi) is 3.67. The Morgan fingerprint density at radius 1 is 1.43 bits per heavy atom. The smallest absolute Gasteiger partial charge is 0.151 e. The van der Waals surface area contributed by atoms with E-state index in [9.17, 15) is 4.79 Å². The molecule has 0 radical (unpaired) electrons. The fourth-order valence-electron chi connectivity index (χ4n) is 1.26. The molecule has 0 spiro atoms. The van der Waals surface area contributed by atoms with Gasteiger partial charge >= 0.3 is 0 Å². The normalized spacial score (nSPS) is 12.9. The molecule has 1 atom stereocenters. The van der Waals surface area contributed by atoms with Crippen LogP contribution in [0.1, 0.15) is 28.9 Å². The number of rotatable bonds is 3. The van der Waals surface area contributed by atoms with Gasteiger partial charge in [0.1, 0.15) is 0 Å². The van der Waals surface area contributed by atoms with Crippen molar-refractivity contribution in [3.8, 4) is 0 Å². The van der Waals surface area contributed by atoms with E-state index in [-0.39, 0.29) is 6.04 Å². The summed E-state index contributed by atoms with van der Waals surface area (Å²) in [6.45, 7) is 2.05. The first kappa shape index (κ1) is 11.2. The lowest BCUT2D eigenvalue weighted by molar-refractivity contribution is 0.112. The van der Waals surface area contributed by atoms with Crippen LogP contribution in [0, 0.1) is 0 Å². The highest BCUT2D eigenvalue weighted by atomic mass is 35.5. The van der Waals surface area contributed by atoms with Gasteiger partial charge in [-0.05, 0) is 26.6 Å². The van der Waals surface area contributed by atoms with Gasteiger partial charge in [0.05, 0.1) is 5.02 Å². The largest absolute Gasteiger partial charge is 0.303 e. The summed E-state index contributed by atoms with van der Waals surface area (Å²) in [5.74, 6) is 0. The molecule has 76 valence electrons. The number of hydrogen-bond acceptors (Lipinski definition) is 2. The van der Waals surface area contributed by atoms with Gasteiger partial charge < -0.3 is 4.90 Å². The zero-order valence-corrected chi connectivity index (χ0v) is 9.38. The summed E-state index contributed by atoms with van der Waals surface area (Å²) in [7, 11) is 3.96. The highest BCUT2D eigenvalue weighted by Gasteiger charge is 2.13. The van der Waals surface area contributed by atoms with Crippen molar-refractivity contribution in [2.24, 2.45) is 0 Å². The molecule has 0 aliphatic rings. The Morgan fingerprint density at radius 3 is 2.57 bits per heavy atom. The van der Waals surface area contributed by atoms with Gasteiger partial charge in [0.25, 0.3) is 0 Å². The van der Waals surface area contributed by atoms with Crippen molar-refractivity contribution in [3.63, 3.8) is 0 Å². The summed E-state index contributed by atoms with van der Waals surface area (Å²) in [5.41, 5.74) is 1.54. The third-order valence-electron chi connectivity index (χ3n) is 2.41. The average molecular weight is 212 g/mol. The van der Waals surface area contributed by atoms with Crippen LogP contribution in [0.15, 0.2) is 18.2 Å². The maximum atomic E-state index is 10.7. The zero-order chi connectivity index (χ0) is 10.7. The van der Waals surface area contributed by atoms with Crippen molar-refractivity contribution in [3.05, 3.63) is 34.3 Å². The van der Waals surface area contributed by atoms with Crippen molar-refractivity contribution in [2.45, 2.75) is 13.0 Å². The fourth-order valence-corrected chi connectivity index (χ4v) is 1.59. The maximum absolute atomic E-state index is 10.7. The molecule has 0 amide bonds. The van der Waals surface area contributed by atoms with Gasteiger partial charge in [-0.3, -0.25) is 4.79 Å². The molecule has 0 bridgehead atoms. The fraction of sp³-hybridized carbons (Fsp3) is 0.364. The summed E-state index contributed by atoms with van der Waals surface area (Å²) in [4.78, 5) is 12.7. The van der Waals surface area contributed by atoms with Crippen LogP contribution in [-0.4, -0.2) is 25.3 Å². The quantitative estimate of drug-likeness (QED) is 0.717. The standard InChI is InChI=1S/C11H14ClNO/c1-8(13(2)3)10-6-4-5-9(7-14)11(10)12/h4-8H,1-3H3. The van der Waals surface area contributed by atoms with Gasteiger partial charge in [-0.25, -0.2) is 0 Å². The van der Waals surface area contributed by atoms with Gasteiger partial charge in [0.15, 0.2) is 6.29 Å². The molecule has 1 unspecified atom stereocenters. The lowest BCUT2D eigenvalue weighted by Gasteiger charge is -2.21. The second-order valence-corrected chi connectivity index (χ2v) is 3.89. The van der Waals surface area contributed by atoms with Crippen LogP contribution >= 0.6 is 11.6 Å². The van der Waals surface area contributed by atoms with Crippen LogP contribution in [0.3, 0.4) is 0 Å². The molecular weight excluding hydrogens is 198 g/mol. The summed E-state index contributed by atoms with van der Waals surface area (Å²) in [6, 6.07) is 5.73. The van der Waals surface area contributed by atoms with Crippen LogP contribution < -0.4 is 0 Å². The van der Waals surface area contributed by atoms with Crippen molar-refractivity contribution in [2.75, 3.05) is 14.1 Å². The Labute approximate surface area is 89.5 Å². The monoisotopic (exact) mass is 211 g/mol. The summed E-state index contributed by atoms with van der Waals surface area (Å²) >= 11 is 6.09. The van der Waals surface area contributed by atoms with Crippen LogP contribution in [0.25, 0.3) is 0 Å². The van der Waals surface area contributed by atoms with E-state index in [1.54, 1.807) is 6.07 Å². The summed E-state index contributed by atoms with van der Waals surface area (Å²) < 4.78 is 0. The van der Waals surface area contributed by atoms with Crippen molar-refractivity contribution >= 4 is 17.9 Å². The lowest BCUT2D eigenvalue weighted by Crippen LogP contribution is -2.17. The third-order valence-corrected chi connectivity index (χ3v) is 2.85. The van der Waals surface area contributed by atoms with E-state index in [0.29, 0.717) is 10.6 Å². The highest BCUT2D eigenvalue weighted by Crippen LogP contribution is 2.27. The predicted octanol–water partition coefficient (Wildman–Crippen LogP) is 2.78. The number of halogens is 1. The van der Waals surface area contributed by atoms with Crippen LogP contribution in [0.5, 0.6) is 0 Å². The molecule has 1 aromatic carbocycles. The van der Waals surface area contributed by atoms with E-state index < -0.39 is 0 Å². The maximum Gasteiger partial charge on any atom is 0.151 e. The Bertz CT molecular complexity index is 336. The van der Waals surface area contributed by atoms with Crippen molar-refractivity contribution in [1.82, 2.24) is 4.90 Å². The van der Waals surface area contributed by atoms with Gasteiger partial charge in [-0.15, -0.1) is 0 Å². The lowest BCUT2D eigenvalue weighted by atomic mass is 10.0. The van der Waals surface area contributed by atoms with Crippen molar-refractivity contribution < 1.29 is 4.79 Å². The van der Waals surface area contributed by atoms with Gasteiger partial charge in [-0.1, -0.05) is 29.8 Å². The molecule has 2 nitrogen and oxygen atoms in total. The molecule has 0 heterocycles. The van der Waals surface area contributed by atoms with Gasteiger partial charge in [0, 0.05) is 11.6 Å². The summed E-state index contributed by atoms with van der Waals surface area (Å²) in [6.07, 6.45) is 0.786. The van der Waals surface area contributed by atoms with E-state index in [1.165, 1.54) is 0 Å². The van der Waals surface area contributed by atoms with Crippen molar-refractivity contribution in [1.29, 1.82) is 0 Å². The molecule has 0 saturated carbocycles. The van der Waals surface area contributed by atoms with E-state index in [2.05, 4.69) is 11.8 Å². The zero-order valence-electron chi connectivity index (χ0n) is 8.62. The molecule has 0 aliphatic carbocycles. The van der Waals surface area contributed by atoms with Crippen LogP contribution in [-0.2, 0) is 0 Å². The molecule has 0 N–H and O–H groups in total. The van der Waals surface area contributed by atoms with Gasteiger partial charge in [0.2, 0.25) is 0 Å². The topological polar surface area (TPSA) is 20.3 Å². The number of carbonyl (C=O) groups is 1. The second kappa shape index (κ2) is 4.58. The Hall–Kier alpha value is -0.860. The van der Waals surface area contributed by atoms with E-state index in [4.69, 9.17) is 11.6 Å². The molecular formula is C11H14ClNO. The minimum Gasteiger partial charge on any atom is -0.303 e. The molecule has 0 saturated heterocycles. The molecule has 0 fully saturated rings. The number of hydrogen-bond donors (Lipinski definition) is 0. The second-order valence-electron chi connectivity index (χ2n) is 3.51. The highest BCUT2D eigenvalue weighted by molar-refractivity contribution is 6.33. The number of carbonyl (C=O) groups excluding carboxylic acids is 1. The summed E-state index contributed by atoms with van der Waals surface area (Å²) in [5, 5.41) is 0.559. The first-order valence-corrected chi connectivity index (χ1v) is 4.85. The molecule has 0 aromatic heterocycles. The van der Waals surface area contributed by atoms with E-state index in [0.717, 1.165) is 11.8 Å².